The standard InChI is InChI=1S/C14H12FN3S/c1-8-2-4-11-12(6-8)18-14(17-11)19-13-5-3-9(15)7-10(13)16/h2-7H,16H2,1H3,(H,17,18). The van der Waals surface area contributed by atoms with E-state index in [-0.39, 0.29) is 5.82 Å². The lowest BCUT2D eigenvalue weighted by Gasteiger charge is -2.02. The summed E-state index contributed by atoms with van der Waals surface area (Å²) in [6.07, 6.45) is 0. The number of nitrogens with two attached hydrogens (primary N) is 1. The first-order valence-corrected chi connectivity index (χ1v) is 6.63. The highest BCUT2D eigenvalue weighted by Gasteiger charge is 2.07. The first-order valence-electron chi connectivity index (χ1n) is 5.81. The Balaban J connectivity index is 1.96. The fraction of sp³-hybridized carbons (Fsp3) is 0.0714. The van der Waals surface area contributed by atoms with Gasteiger partial charge in [-0.1, -0.05) is 6.07 Å². The molecule has 0 spiro atoms. The molecule has 19 heavy (non-hydrogen) atoms. The van der Waals surface area contributed by atoms with Crippen LogP contribution in [-0.4, -0.2) is 9.97 Å². The number of nitrogens with zero attached hydrogens (tertiary/aromatic N) is 1. The lowest BCUT2D eigenvalue weighted by molar-refractivity contribution is 0.627. The van der Waals surface area contributed by atoms with Crippen LogP contribution in [0.4, 0.5) is 10.1 Å². The maximum absolute atomic E-state index is 13.0. The van der Waals surface area contributed by atoms with Crippen molar-refractivity contribution in [3.63, 3.8) is 0 Å². The molecule has 1 heterocycles. The van der Waals surface area contributed by atoms with Crippen molar-refractivity contribution in [1.29, 1.82) is 0 Å². The van der Waals surface area contributed by atoms with E-state index < -0.39 is 0 Å². The molecule has 2 aromatic carbocycles. The summed E-state index contributed by atoms with van der Waals surface area (Å²) < 4.78 is 13.0. The lowest BCUT2D eigenvalue weighted by atomic mass is 10.2. The predicted octanol–water partition coefficient (Wildman–Crippen LogP) is 3.74. The number of anilines is 1. The Kier molecular flexibility index (Phi) is 2.91. The summed E-state index contributed by atoms with van der Waals surface area (Å²) >= 11 is 1.40. The number of imidazole rings is 1. The highest BCUT2D eigenvalue weighted by atomic mass is 32.2. The molecule has 0 aliphatic carbocycles. The van der Waals surface area contributed by atoms with Crippen LogP contribution in [0.5, 0.6) is 0 Å². The van der Waals surface area contributed by atoms with Gasteiger partial charge in [0.1, 0.15) is 5.82 Å². The van der Waals surface area contributed by atoms with Gasteiger partial charge < -0.3 is 10.7 Å². The van der Waals surface area contributed by atoms with Crippen LogP contribution in [0, 0.1) is 12.7 Å². The number of nitrogen functional groups attached to an aromatic ring is 1. The van der Waals surface area contributed by atoms with E-state index in [0.29, 0.717) is 5.69 Å². The average Bonchev–Trinajstić information content (AvgIpc) is 2.74. The smallest absolute Gasteiger partial charge is 0.171 e. The Morgan fingerprint density at radius 3 is 2.84 bits per heavy atom. The minimum absolute atomic E-state index is 0.331. The second kappa shape index (κ2) is 4.59. The van der Waals surface area contributed by atoms with E-state index in [1.54, 1.807) is 6.07 Å². The topological polar surface area (TPSA) is 54.7 Å². The van der Waals surface area contributed by atoms with Crippen LogP contribution in [0.1, 0.15) is 5.56 Å². The molecule has 3 aromatic rings. The number of halogens is 1. The number of hydrogen-bond donors (Lipinski definition) is 2. The molecular weight excluding hydrogens is 261 g/mol. The first kappa shape index (κ1) is 12.0. The van der Waals surface area contributed by atoms with Gasteiger partial charge in [0, 0.05) is 10.6 Å². The van der Waals surface area contributed by atoms with E-state index in [9.17, 15) is 4.39 Å². The molecular formula is C14H12FN3S. The number of nitrogens with one attached hydrogen (secondary N) is 1. The summed E-state index contributed by atoms with van der Waals surface area (Å²) in [5.74, 6) is -0.331. The van der Waals surface area contributed by atoms with Crippen molar-refractivity contribution in [1.82, 2.24) is 9.97 Å². The van der Waals surface area contributed by atoms with E-state index in [0.717, 1.165) is 21.1 Å². The Hall–Kier alpha value is -2.01. The van der Waals surface area contributed by atoms with E-state index >= 15 is 0 Å². The molecule has 3 N–H and O–H groups in total. The molecule has 0 amide bonds. The third-order valence-corrected chi connectivity index (χ3v) is 3.77. The Labute approximate surface area is 114 Å². The molecule has 0 saturated carbocycles. The maximum atomic E-state index is 13.0. The van der Waals surface area contributed by atoms with Crippen LogP contribution in [-0.2, 0) is 0 Å². The summed E-state index contributed by atoms with van der Waals surface area (Å²) in [4.78, 5) is 8.49. The number of aromatic nitrogens is 2. The van der Waals surface area contributed by atoms with Gasteiger partial charge in [0.2, 0.25) is 0 Å². The van der Waals surface area contributed by atoms with Gasteiger partial charge in [-0.05, 0) is 54.6 Å². The van der Waals surface area contributed by atoms with Crippen LogP contribution < -0.4 is 5.73 Å². The van der Waals surface area contributed by atoms with Crippen LogP contribution >= 0.6 is 11.8 Å². The molecule has 96 valence electrons. The molecule has 0 radical (unpaired) electrons. The minimum Gasteiger partial charge on any atom is -0.398 e. The number of hydrogen-bond acceptors (Lipinski definition) is 3. The third-order valence-electron chi connectivity index (χ3n) is 2.79. The van der Waals surface area contributed by atoms with Crippen molar-refractivity contribution >= 4 is 28.5 Å². The number of H-pyrrole nitrogens is 1. The fourth-order valence-electron chi connectivity index (χ4n) is 1.86. The SMILES string of the molecule is Cc1ccc2nc(Sc3ccc(F)cc3N)[nH]c2c1. The van der Waals surface area contributed by atoms with Crippen LogP contribution in [0.2, 0.25) is 0 Å². The van der Waals surface area contributed by atoms with Gasteiger partial charge in [0.25, 0.3) is 0 Å². The largest absolute Gasteiger partial charge is 0.398 e. The zero-order chi connectivity index (χ0) is 13.4. The zero-order valence-electron chi connectivity index (χ0n) is 10.3. The summed E-state index contributed by atoms with van der Waals surface area (Å²) in [5, 5.41) is 0.749. The van der Waals surface area contributed by atoms with E-state index in [1.165, 1.54) is 29.5 Å². The van der Waals surface area contributed by atoms with Crippen molar-refractivity contribution in [2.24, 2.45) is 0 Å². The summed E-state index contributed by atoms with van der Waals surface area (Å²) in [6.45, 7) is 2.03. The summed E-state index contributed by atoms with van der Waals surface area (Å²) in [6, 6.07) is 10.4. The maximum Gasteiger partial charge on any atom is 0.171 e. The Morgan fingerprint density at radius 2 is 2.05 bits per heavy atom. The third kappa shape index (κ3) is 2.42. The summed E-state index contributed by atoms with van der Waals surface area (Å²) in [7, 11) is 0. The van der Waals surface area contributed by atoms with E-state index in [1.807, 2.05) is 25.1 Å². The van der Waals surface area contributed by atoms with Crippen LogP contribution in [0.15, 0.2) is 46.5 Å². The van der Waals surface area contributed by atoms with Crippen molar-refractivity contribution in [2.45, 2.75) is 17.0 Å². The molecule has 3 nitrogen and oxygen atoms in total. The van der Waals surface area contributed by atoms with Crippen molar-refractivity contribution in [3.8, 4) is 0 Å². The van der Waals surface area contributed by atoms with Crippen LogP contribution in [0.25, 0.3) is 11.0 Å². The monoisotopic (exact) mass is 273 g/mol. The molecule has 0 aliphatic heterocycles. The number of aryl methyl sites for hydroxylation is 1. The number of aromatic amines is 1. The van der Waals surface area contributed by atoms with Gasteiger partial charge in [0.05, 0.1) is 11.0 Å². The average molecular weight is 273 g/mol. The zero-order valence-corrected chi connectivity index (χ0v) is 11.1. The molecule has 5 heteroatoms. The minimum atomic E-state index is -0.331. The van der Waals surface area contributed by atoms with Gasteiger partial charge in [-0.25, -0.2) is 9.37 Å². The van der Waals surface area contributed by atoms with Crippen LogP contribution in [0.3, 0.4) is 0 Å². The van der Waals surface area contributed by atoms with E-state index in [2.05, 4.69) is 9.97 Å². The van der Waals surface area contributed by atoms with Crippen molar-refractivity contribution in [2.75, 3.05) is 5.73 Å². The Morgan fingerprint density at radius 1 is 1.21 bits per heavy atom. The van der Waals surface area contributed by atoms with Crippen molar-refractivity contribution < 1.29 is 4.39 Å². The molecule has 1 aromatic heterocycles. The summed E-state index contributed by atoms with van der Waals surface area (Å²) in [5.41, 5.74) is 9.28. The molecule has 0 bridgehead atoms. The lowest BCUT2D eigenvalue weighted by Crippen LogP contribution is -1.89. The van der Waals surface area contributed by atoms with Gasteiger partial charge in [0.15, 0.2) is 5.16 Å². The second-order valence-corrected chi connectivity index (χ2v) is 5.38. The van der Waals surface area contributed by atoms with Crippen molar-refractivity contribution in [3.05, 3.63) is 47.8 Å². The normalized spacial score (nSPS) is 11.1. The van der Waals surface area contributed by atoms with E-state index in [4.69, 9.17) is 5.73 Å². The molecule has 3 rings (SSSR count). The van der Waals surface area contributed by atoms with Gasteiger partial charge >= 0.3 is 0 Å². The molecule has 0 saturated heterocycles. The fourth-order valence-corrected chi connectivity index (χ4v) is 2.69. The molecule has 0 atom stereocenters. The number of benzene rings is 2. The highest BCUT2D eigenvalue weighted by molar-refractivity contribution is 7.99. The van der Waals surface area contributed by atoms with Gasteiger partial charge in [-0.3, -0.25) is 0 Å². The molecule has 0 aliphatic rings. The molecule has 0 unspecified atom stereocenters. The first-order chi connectivity index (χ1) is 9.11. The Bertz CT molecular complexity index is 752. The number of rotatable bonds is 2. The second-order valence-electron chi connectivity index (χ2n) is 4.35. The number of fused-ring (bicyclic) bond motifs is 1. The predicted molar refractivity (Wildman–Crippen MR) is 75.8 cm³/mol. The molecule has 0 fully saturated rings. The quantitative estimate of drug-likeness (QED) is 0.699. The highest BCUT2D eigenvalue weighted by Crippen LogP contribution is 2.31. The van der Waals surface area contributed by atoms with Gasteiger partial charge in [-0.2, -0.15) is 0 Å². The van der Waals surface area contributed by atoms with Gasteiger partial charge in [-0.15, -0.1) is 0 Å².